The number of benzene rings is 1. The number of hydrogen-bond acceptors (Lipinski definition) is 7. The summed E-state index contributed by atoms with van der Waals surface area (Å²) in [7, 11) is 0. The molecule has 1 saturated heterocycles. The van der Waals surface area contributed by atoms with Crippen LogP contribution in [0.25, 0.3) is 11.2 Å². The van der Waals surface area contributed by atoms with Crippen molar-refractivity contribution in [2.24, 2.45) is 0 Å². The van der Waals surface area contributed by atoms with Crippen molar-refractivity contribution in [3.63, 3.8) is 0 Å². The van der Waals surface area contributed by atoms with E-state index in [-0.39, 0.29) is 30.8 Å². The first kappa shape index (κ1) is 17.6. The standard InChI is InChI=1S/C21H23F3N6O2/c22-11-7-15(23)18(16(24)8-11)28-21-27-17-9-25-20(26-12-1-3-14(31)4-2-12)29-19(17)30(21)13-5-6-32-10-13/h7-9,12-14,31H,1-6,10H2,(H,27,28)(H,25,26,29)/i1D,4D,12D. The number of rotatable bonds is 5. The molecule has 2 aromatic heterocycles. The molecule has 170 valence electrons. The summed E-state index contributed by atoms with van der Waals surface area (Å²) < 4.78 is 73.9. The van der Waals surface area contributed by atoms with Gasteiger partial charge in [-0.2, -0.15) is 4.98 Å². The molecule has 3 N–H and O–H groups in total. The van der Waals surface area contributed by atoms with Crippen molar-refractivity contribution >= 4 is 28.7 Å². The highest BCUT2D eigenvalue weighted by molar-refractivity contribution is 5.76. The van der Waals surface area contributed by atoms with E-state index in [0.717, 1.165) is 0 Å². The Morgan fingerprint density at radius 2 is 1.97 bits per heavy atom. The van der Waals surface area contributed by atoms with E-state index in [0.29, 0.717) is 42.9 Å². The minimum absolute atomic E-state index is 0.0131. The molecular formula is C21H23F3N6O2. The molecule has 1 aliphatic carbocycles. The van der Waals surface area contributed by atoms with Crippen LogP contribution in [0.5, 0.6) is 0 Å². The van der Waals surface area contributed by atoms with Gasteiger partial charge in [-0.25, -0.2) is 23.1 Å². The van der Waals surface area contributed by atoms with Crippen LogP contribution in [0.4, 0.5) is 30.8 Å². The van der Waals surface area contributed by atoms with E-state index >= 15 is 0 Å². The largest absolute Gasteiger partial charge is 0.393 e. The summed E-state index contributed by atoms with van der Waals surface area (Å²) in [6.07, 6.45) is -1.11. The number of aliphatic hydroxyl groups excluding tert-OH is 1. The van der Waals surface area contributed by atoms with E-state index < -0.39 is 48.1 Å². The first-order chi connectivity index (χ1) is 16.6. The average molecular weight is 451 g/mol. The normalized spacial score (nSPS) is 31.8. The van der Waals surface area contributed by atoms with Crippen molar-refractivity contribution in [1.82, 2.24) is 19.5 Å². The minimum atomic E-state index is -1.60. The second kappa shape index (κ2) is 8.55. The summed E-state index contributed by atoms with van der Waals surface area (Å²) in [5.74, 6) is -3.23. The average Bonchev–Trinajstić information content (AvgIpc) is 3.42. The van der Waals surface area contributed by atoms with Crippen molar-refractivity contribution in [2.75, 3.05) is 23.8 Å². The molecule has 1 saturated carbocycles. The summed E-state index contributed by atoms with van der Waals surface area (Å²) >= 11 is 0. The fourth-order valence-electron chi connectivity index (χ4n) is 3.84. The van der Waals surface area contributed by atoms with Crippen LogP contribution in [0, 0.1) is 17.5 Å². The number of halogens is 3. The molecule has 0 amide bonds. The molecule has 32 heavy (non-hydrogen) atoms. The number of ether oxygens (including phenoxy) is 1. The highest BCUT2D eigenvalue weighted by Gasteiger charge is 2.27. The molecule has 2 fully saturated rings. The Hall–Kier alpha value is -2.92. The zero-order valence-corrected chi connectivity index (χ0v) is 16.9. The van der Waals surface area contributed by atoms with Gasteiger partial charge in [-0.3, -0.25) is 4.57 Å². The highest BCUT2D eigenvalue weighted by atomic mass is 19.1. The number of fused-ring (bicyclic) bond motifs is 1. The van der Waals surface area contributed by atoms with Gasteiger partial charge in [0.25, 0.3) is 0 Å². The lowest BCUT2D eigenvalue weighted by Gasteiger charge is -2.26. The Kier molecular flexibility index (Phi) is 4.71. The third-order valence-electron chi connectivity index (χ3n) is 5.44. The molecule has 5 rings (SSSR count). The summed E-state index contributed by atoms with van der Waals surface area (Å²) in [4.78, 5) is 13.0. The van der Waals surface area contributed by atoms with E-state index in [1.165, 1.54) is 6.20 Å². The molecule has 8 nitrogen and oxygen atoms in total. The quantitative estimate of drug-likeness (QED) is 0.545. The maximum Gasteiger partial charge on any atom is 0.224 e. The molecule has 11 heteroatoms. The Balaban J connectivity index is 1.53. The zero-order valence-electron chi connectivity index (χ0n) is 19.9. The van der Waals surface area contributed by atoms with E-state index in [2.05, 4.69) is 25.6 Å². The Morgan fingerprint density at radius 1 is 1.16 bits per heavy atom. The van der Waals surface area contributed by atoms with Crippen LogP contribution in [0.1, 0.15) is 42.2 Å². The Morgan fingerprint density at radius 3 is 2.72 bits per heavy atom. The second-order valence-electron chi connectivity index (χ2n) is 7.69. The summed E-state index contributed by atoms with van der Waals surface area (Å²) in [5.41, 5.74) is 0.0242. The number of imidazole rings is 1. The van der Waals surface area contributed by atoms with Gasteiger partial charge in [0, 0.05) is 27.5 Å². The SMILES string of the molecule is [2H]C1CC([2H])(Nc2ncc3nc(Nc4c(F)cc(F)cc4F)n(C4CCOC4)c3n2)C([2H])CC1O. The molecule has 5 atom stereocenters. The molecule has 1 aromatic carbocycles. The molecule has 0 radical (unpaired) electrons. The lowest BCUT2D eigenvalue weighted by molar-refractivity contribution is 0.126. The second-order valence-corrected chi connectivity index (χ2v) is 7.69. The summed E-state index contributed by atoms with van der Waals surface area (Å²) in [5, 5.41) is 15.3. The van der Waals surface area contributed by atoms with E-state index in [1.807, 2.05) is 0 Å². The van der Waals surface area contributed by atoms with Crippen molar-refractivity contribution in [1.29, 1.82) is 0 Å². The molecular weight excluding hydrogens is 425 g/mol. The van der Waals surface area contributed by atoms with Crippen LogP contribution in [-0.2, 0) is 4.74 Å². The zero-order chi connectivity index (χ0) is 24.9. The topological polar surface area (TPSA) is 97.1 Å². The van der Waals surface area contributed by atoms with Crippen LogP contribution < -0.4 is 10.6 Å². The molecule has 0 bridgehead atoms. The van der Waals surface area contributed by atoms with E-state index in [1.54, 1.807) is 4.57 Å². The maximum atomic E-state index is 14.3. The first-order valence-electron chi connectivity index (χ1n) is 11.8. The van der Waals surface area contributed by atoms with Gasteiger partial charge in [-0.15, -0.1) is 0 Å². The first-order valence-corrected chi connectivity index (χ1v) is 10.2. The van der Waals surface area contributed by atoms with Crippen molar-refractivity contribution < 1.29 is 27.1 Å². The van der Waals surface area contributed by atoms with Gasteiger partial charge in [0.05, 0.1) is 26.3 Å². The van der Waals surface area contributed by atoms with Gasteiger partial charge in [0.2, 0.25) is 11.9 Å². The van der Waals surface area contributed by atoms with Crippen molar-refractivity contribution in [3.8, 4) is 0 Å². The number of aliphatic hydroxyl groups is 1. The predicted octanol–water partition coefficient (Wildman–Crippen LogP) is 3.66. The Labute approximate surface area is 186 Å². The van der Waals surface area contributed by atoms with Crippen LogP contribution in [-0.4, -0.2) is 50.0 Å². The maximum absolute atomic E-state index is 14.3. The van der Waals surface area contributed by atoms with Crippen molar-refractivity contribution in [3.05, 3.63) is 35.8 Å². The molecule has 5 unspecified atom stereocenters. The van der Waals surface area contributed by atoms with Gasteiger partial charge < -0.3 is 20.5 Å². The summed E-state index contributed by atoms with van der Waals surface area (Å²) in [6, 6.07) is -0.745. The van der Waals surface area contributed by atoms with Gasteiger partial charge in [0.15, 0.2) is 17.3 Å². The van der Waals surface area contributed by atoms with Crippen LogP contribution in [0.15, 0.2) is 18.3 Å². The molecule has 2 aliphatic rings. The molecule has 1 aliphatic heterocycles. The number of anilines is 3. The number of nitrogens with zero attached hydrogens (tertiary/aromatic N) is 4. The molecule has 3 aromatic rings. The van der Waals surface area contributed by atoms with Crippen LogP contribution in [0.2, 0.25) is 0 Å². The third-order valence-corrected chi connectivity index (χ3v) is 5.44. The van der Waals surface area contributed by atoms with Gasteiger partial charge in [0.1, 0.15) is 17.0 Å². The molecule has 3 heterocycles. The molecule has 0 spiro atoms. The smallest absolute Gasteiger partial charge is 0.224 e. The highest BCUT2D eigenvalue weighted by Crippen LogP contribution is 2.32. The van der Waals surface area contributed by atoms with Gasteiger partial charge in [-0.05, 0) is 32.1 Å². The fraction of sp³-hybridized carbons (Fsp3) is 0.476. The van der Waals surface area contributed by atoms with Gasteiger partial charge in [-0.1, -0.05) is 0 Å². The van der Waals surface area contributed by atoms with Crippen LogP contribution in [0.3, 0.4) is 0 Å². The monoisotopic (exact) mass is 451 g/mol. The van der Waals surface area contributed by atoms with Gasteiger partial charge >= 0.3 is 0 Å². The minimum Gasteiger partial charge on any atom is -0.393 e. The predicted molar refractivity (Wildman–Crippen MR) is 111 cm³/mol. The Bertz CT molecular complexity index is 1240. The van der Waals surface area contributed by atoms with E-state index in [9.17, 15) is 18.3 Å². The fourth-order valence-corrected chi connectivity index (χ4v) is 3.84. The lowest BCUT2D eigenvalue weighted by atomic mass is 9.93. The van der Waals surface area contributed by atoms with Crippen LogP contribution >= 0.6 is 0 Å². The number of hydrogen-bond donors (Lipinski definition) is 3. The number of nitrogens with one attached hydrogen (secondary N) is 2. The lowest BCUT2D eigenvalue weighted by Crippen LogP contribution is -2.29. The van der Waals surface area contributed by atoms with Crippen molar-refractivity contribution in [2.45, 2.75) is 50.2 Å². The van der Waals surface area contributed by atoms with E-state index in [4.69, 9.17) is 8.85 Å². The third kappa shape index (κ3) is 4.09. The summed E-state index contributed by atoms with van der Waals surface area (Å²) in [6.45, 7) is 0.764. The number of aromatic nitrogens is 4.